The molecule has 4 rings (SSSR count). The topological polar surface area (TPSA) is 123 Å². The first kappa shape index (κ1) is 24.0. The van der Waals surface area contributed by atoms with Crippen LogP contribution in [0.15, 0.2) is 58.2 Å². The Morgan fingerprint density at radius 2 is 1.85 bits per heavy atom. The zero-order valence-corrected chi connectivity index (χ0v) is 20.8. The first-order valence-electron chi connectivity index (χ1n) is 10.4. The van der Waals surface area contributed by atoms with Gasteiger partial charge in [-0.05, 0) is 65.0 Å². The first-order chi connectivity index (χ1) is 16.0. The van der Waals surface area contributed by atoms with E-state index in [0.29, 0.717) is 27.3 Å². The standard InChI is InChI=1S/C23H21BrN4O5S/c1-14-3-8-19(21(9-14)34(2,32)33)27(13-15-4-7-18(24)20(10-15)28(30)31)23(29)17-11-25-22(26-12-17)16-5-6-16/h3-4,7-12,16H,5-6,13H2,1-2H3. The molecule has 1 heterocycles. The molecule has 11 heteroatoms. The van der Waals surface area contributed by atoms with Crippen molar-refractivity contribution in [1.82, 2.24) is 9.97 Å². The van der Waals surface area contributed by atoms with Gasteiger partial charge in [-0.3, -0.25) is 14.9 Å². The maximum absolute atomic E-state index is 13.6. The smallest absolute Gasteiger partial charge is 0.283 e. The predicted octanol–water partition coefficient (Wildman–Crippen LogP) is 4.58. The maximum atomic E-state index is 13.6. The van der Waals surface area contributed by atoms with Crippen molar-refractivity contribution in [3.63, 3.8) is 0 Å². The molecule has 0 saturated heterocycles. The SMILES string of the molecule is Cc1ccc(N(Cc2ccc(Br)c([N+](=O)[O-])c2)C(=O)c2cnc(C3CC3)nc2)c(S(C)(=O)=O)c1. The highest BCUT2D eigenvalue weighted by Crippen LogP contribution is 2.38. The Bertz CT molecular complexity index is 1390. The summed E-state index contributed by atoms with van der Waals surface area (Å²) in [6.45, 7) is 1.66. The Hall–Kier alpha value is -3.18. The number of carbonyl (C=O) groups excluding carboxylic acids is 1. The Morgan fingerprint density at radius 1 is 1.18 bits per heavy atom. The lowest BCUT2D eigenvalue weighted by atomic mass is 10.1. The molecule has 9 nitrogen and oxygen atoms in total. The monoisotopic (exact) mass is 544 g/mol. The fourth-order valence-corrected chi connectivity index (χ4v) is 4.89. The first-order valence-corrected chi connectivity index (χ1v) is 13.1. The Kier molecular flexibility index (Phi) is 6.50. The molecule has 0 bridgehead atoms. The van der Waals surface area contributed by atoms with Gasteiger partial charge in [0, 0.05) is 30.6 Å². The molecule has 1 aromatic heterocycles. The third-order valence-electron chi connectivity index (χ3n) is 5.46. The molecule has 0 radical (unpaired) electrons. The quantitative estimate of drug-likeness (QED) is 0.314. The van der Waals surface area contributed by atoms with Crippen LogP contribution < -0.4 is 4.90 Å². The summed E-state index contributed by atoms with van der Waals surface area (Å²) in [5, 5.41) is 11.4. The molecule has 3 aromatic rings. The van der Waals surface area contributed by atoms with Crippen molar-refractivity contribution in [3.05, 3.63) is 85.9 Å². The molecule has 2 aromatic carbocycles. The molecule has 176 valence electrons. The summed E-state index contributed by atoms with van der Waals surface area (Å²) in [5.74, 6) is 0.484. The van der Waals surface area contributed by atoms with Crippen LogP contribution in [0.4, 0.5) is 11.4 Å². The highest BCUT2D eigenvalue weighted by molar-refractivity contribution is 9.10. The number of nitro benzene ring substituents is 1. The minimum atomic E-state index is -3.69. The number of hydrogen-bond donors (Lipinski definition) is 0. The molecular weight excluding hydrogens is 524 g/mol. The van der Waals surface area contributed by atoms with E-state index in [1.165, 1.54) is 35.5 Å². The van der Waals surface area contributed by atoms with E-state index < -0.39 is 20.7 Å². The average Bonchev–Trinajstić information content (AvgIpc) is 3.63. The van der Waals surface area contributed by atoms with Crippen LogP contribution in [0.2, 0.25) is 0 Å². The van der Waals surface area contributed by atoms with Gasteiger partial charge in [-0.1, -0.05) is 12.1 Å². The summed E-state index contributed by atoms with van der Waals surface area (Å²) in [6, 6.07) is 9.29. The van der Waals surface area contributed by atoms with Gasteiger partial charge in [0.05, 0.1) is 32.1 Å². The number of anilines is 1. The summed E-state index contributed by atoms with van der Waals surface area (Å²) in [6.07, 6.45) is 5.99. The van der Waals surface area contributed by atoms with Gasteiger partial charge in [-0.15, -0.1) is 0 Å². The number of carbonyl (C=O) groups is 1. The van der Waals surface area contributed by atoms with Crippen molar-refractivity contribution >= 4 is 43.0 Å². The molecule has 0 aliphatic heterocycles. The third kappa shape index (κ3) is 5.15. The van der Waals surface area contributed by atoms with E-state index in [2.05, 4.69) is 25.9 Å². The molecule has 1 amide bonds. The number of hydrogen-bond acceptors (Lipinski definition) is 7. The van der Waals surface area contributed by atoms with Crippen LogP contribution in [0.1, 0.15) is 46.1 Å². The van der Waals surface area contributed by atoms with Crippen LogP contribution in [0.5, 0.6) is 0 Å². The molecule has 0 atom stereocenters. The van der Waals surface area contributed by atoms with Crippen LogP contribution in [0, 0.1) is 17.0 Å². The van der Waals surface area contributed by atoms with Gasteiger partial charge in [0.15, 0.2) is 9.84 Å². The molecule has 1 saturated carbocycles. The molecule has 0 unspecified atom stereocenters. The molecule has 34 heavy (non-hydrogen) atoms. The van der Waals surface area contributed by atoms with Gasteiger partial charge >= 0.3 is 0 Å². The van der Waals surface area contributed by atoms with Gasteiger partial charge in [-0.2, -0.15) is 0 Å². The van der Waals surface area contributed by atoms with Crippen LogP contribution >= 0.6 is 15.9 Å². The Balaban J connectivity index is 1.81. The molecule has 1 aliphatic rings. The number of benzene rings is 2. The van der Waals surface area contributed by atoms with Gasteiger partial charge in [-0.25, -0.2) is 18.4 Å². The second-order valence-corrected chi connectivity index (χ2v) is 11.1. The number of halogens is 1. The van der Waals surface area contributed by atoms with Crippen LogP contribution in [0.3, 0.4) is 0 Å². The number of nitrogens with zero attached hydrogens (tertiary/aromatic N) is 4. The second-order valence-electron chi connectivity index (χ2n) is 8.28. The highest BCUT2D eigenvalue weighted by atomic mass is 79.9. The lowest BCUT2D eigenvalue weighted by Gasteiger charge is -2.25. The van der Waals surface area contributed by atoms with Crippen molar-refractivity contribution in [3.8, 4) is 0 Å². The Morgan fingerprint density at radius 3 is 2.44 bits per heavy atom. The minimum Gasteiger partial charge on any atom is -0.303 e. The van der Waals surface area contributed by atoms with Gasteiger partial charge < -0.3 is 4.90 Å². The predicted molar refractivity (Wildman–Crippen MR) is 130 cm³/mol. The van der Waals surface area contributed by atoms with Crippen molar-refractivity contribution in [2.75, 3.05) is 11.2 Å². The van der Waals surface area contributed by atoms with E-state index in [9.17, 15) is 23.3 Å². The highest BCUT2D eigenvalue weighted by Gasteiger charge is 2.29. The second kappa shape index (κ2) is 9.22. The number of aryl methyl sites for hydroxylation is 1. The fraction of sp³-hybridized carbons (Fsp3) is 0.261. The molecule has 1 fully saturated rings. The van der Waals surface area contributed by atoms with Crippen LogP contribution in [-0.4, -0.2) is 35.5 Å². The number of sulfone groups is 1. The number of aromatic nitrogens is 2. The normalized spacial score (nSPS) is 13.5. The zero-order valence-electron chi connectivity index (χ0n) is 18.4. The number of rotatable bonds is 7. The van der Waals surface area contributed by atoms with Gasteiger partial charge in [0.25, 0.3) is 11.6 Å². The van der Waals surface area contributed by atoms with Crippen LogP contribution in [0.25, 0.3) is 0 Å². The van der Waals surface area contributed by atoms with Gasteiger partial charge in [0.1, 0.15) is 5.82 Å². The lowest BCUT2D eigenvalue weighted by molar-refractivity contribution is -0.385. The summed E-state index contributed by atoms with van der Waals surface area (Å²) in [4.78, 5) is 34.4. The largest absolute Gasteiger partial charge is 0.303 e. The van der Waals surface area contributed by atoms with Crippen molar-refractivity contribution in [1.29, 1.82) is 0 Å². The molecule has 0 N–H and O–H groups in total. The Labute approximate surface area is 205 Å². The molecule has 1 aliphatic carbocycles. The average molecular weight is 545 g/mol. The molecular formula is C23H21BrN4O5S. The van der Waals surface area contributed by atoms with E-state index in [1.54, 1.807) is 25.1 Å². The van der Waals surface area contributed by atoms with E-state index in [-0.39, 0.29) is 28.4 Å². The summed E-state index contributed by atoms with van der Waals surface area (Å²) >= 11 is 3.16. The van der Waals surface area contributed by atoms with Crippen molar-refractivity contribution < 1.29 is 18.1 Å². The van der Waals surface area contributed by atoms with E-state index >= 15 is 0 Å². The van der Waals surface area contributed by atoms with E-state index in [0.717, 1.165) is 19.1 Å². The van der Waals surface area contributed by atoms with Crippen LogP contribution in [-0.2, 0) is 16.4 Å². The zero-order chi connectivity index (χ0) is 24.6. The molecule has 0 spiro atoms. The van der Waals surface area contributed by atoms with Gasteiger partial charge in [0.2, 0.25) is 0 Å². The van der Waals surface area contributed by atoms with E-state index in [4.69, 9.17) is 0 Å². The fourth-order valence-electron chi connectivity index (χ4n) is 3.54. The number of nitro groups is 1. The summed E-state index contributed by atoms with van der Waals surface area (Å²) < 4.78 is 25.5. The maximum Gasteiger partial charge on any atom is 0.283 e. The lowest BCUT2D eigenvalue weighted by Crippen LogP contribution is -2.32. The number of amides is 1. The minimum absolute atomic E-state index is 0.0111. The summed E-state index contributed by atoms with van der Waals surface area (Å²) in [5.41, 5.74) is 1.38. The summed E-state index contributed by atoms with van der Waals surface area (Å²) in [7, 11) is -3.69. The van der Waals surface area contributed by atoms with Crippen molar-refractivity contribution in [2.24, 2.45) is 0 Å². The van der Waals surface area contributed by atoms with Crippen molar-refractivity contribution in [2.45, 2.75) is 37.1 Å². The third-order valence-corrected chi connectivity index (χ3v) is 7.26. The van der Waals surface area contributed by atoms with E-state index in [1.807, 2.05) is 0 Å².